The first-order valence-corrected chi connectivity index (χ1v) is 6.95. The summed E-state index contributed by atoms with van der Waals surface area (Å²) in [4.78, 5) is 20.8. The highest BCUT2D eigenvalue weighted by atomic mass is 19.1. The number of nitrogens with one attached hydrogen (secondary N) is 2. The van der Waals surface area contributed by atoms with Crippen molar-refractivity contribution in [2.75, 3.05) is 26.2 Å². The summed E-state index contributed by atoms with van der Waals surface area (Å²) in [6, 6.07) is 2.01. The molecule has 2 aromatic rings. The van der Waals surface area contributed by atoms with E-state index in [9.17, 15) is 13.6 Å². The smallest absolute Gasteiger partial charge is 0.223 e. The predicted molar refractivity (Wildman–Crippen MR) is 73.8 cm³/mol. The highest BCUT2D eigenvalue weighted by Crippen LogP contribution is 2.18. The molecule has 1 amide bonds. The average molecular weight is 294 g/mol. The molecule has 0 radical (unpaired) electrons. The number of fused-ring (bicyclic) bond motifs is 1. The zero-order valence-electron chi connectivity index (χ0n) is 11.5. The Balaban J connectivity index is 1.67. The summed E-state index contributed by atoms with van der Waals surface area (Å²) >= 11 is 0. The Hall–Kier alpha value is -2.02. The maximum Gasteiger partial charge on any atom is 0.223 e. The largest absolute Gasteiger partial charge is 0.342 e. The van der Waals surface area contributed by atoms with Gasteiger partial charge in [0.15, 0.2) is 5.82 Å². The number of carbonyl (C=O) groups excluding carboxylic acids is 1. The van der Waals surface area contributed by atoms with Crippen molar-refractivity contribution < 1.29 is 13.6 Å². The van der Waals surface area contributed by atoms with Crippen LogP contribution in [0.15, 0.2) is 12.1 Å². The van der Waals surface area contributed by atoms with Gasteiger partial charge in [0.25, 0.3) is 0 Å². The summed E-state index contributed by atoms with van der Waals surface area (Å²) in [5.41, 5.74) is 0.429. The van der Waals surface area contributed by atoms with Gasteiger partial charge in [-0.25, -0.2) is 13.8 Å². The van der Waals surface area contributed by atoms with Gasteiger partial charge in [-0.1, -0.05) is 0 Å². The number of aryl methyl sites for hydroxylation is 1. The third kappa shape index (κ3) is 3.02. The summed E-state index contributed by atoms with van der Waals surface area (Å²) in [6.45, 7) is 3.03. The van der Waals surface area contributed by atoms with Crippen LogP contribution in [0.2, 0.25) is 0 Å². The number of amides is 1. The van der Waals surface area contributed by atoms with Crippen molar-refractivity contribution in [3.05, 3.63) is 29.6 Å². The second-order valence-corrected chi connectivity index (χ2v) is 5.10. The van der Waals surface area contributed by atoms with Crippen LogP contribution in [0, 0.1) is 11.6 Å². The van der Waals surface area contributed by atoms with E-state index in [0.29, 0.717) is 37.3 Å². The summed E-state index contributed by atoms with van der Waals surface area (Å²) < 4.78 is 26.7. The lowest BCUT2D eigenvalue weighted by Crippen LogP contribution is -2.46. The van der Waals surface area contributed by atoms with Crippen LogP contribution in [0.3, 0.4) is 0 Å². The molecule has 3 rings (SSSR count). The topological polar surface area (TPSA) is 61.0 Å². The lowest BCUT2D eigenvalue weighted by Gasteiger charge is -2.27. The number of aromatic nitrogens is 2. The molecule has 0 bridgehead atoms. The van der Waals surface area contributed by atoms with Crippen LogP contribution in [0.1, 0.15) is 12.2 Å². The Labute approximate surface area is 120 Å². The predicted octanol–water partition coefficient (Wildman–Crippen LogP) is 1.21. The Kier molecular flexibility index (Phi) is 3.83. The van der Waals surface area contributed by atoms with E-state index in [1.807, 2.05) is 0 Å². The lowest BCUT2D eigenvalue weighted by molar-refractivity contribution is -0.131. The van der Waals surface area contributed by atoms with Crippen LogP contribution in [0.4, 0.5) is 8.78 Å². The van der Waals surface area contributed by atoms with Gasteiger partial charge < -0.3 is 15.2 Å². The molecule has 1 aromatic heterocycles. The molecule has 1 aliphatic heterocycles. The summed E-state index contributed by atoms with van der Waals surface area (Å²) in [6.07, 6.45) is 0.697. The van der Waals surface area contributed by atoms with E-state index in [4.69, 9.17) is 0 Å². The second-order valence-electron chi connectivity index (χ2n) is 5.10. The first kappa shape index (κ1) is 13.9. The summed E-state index contributed by atoms with van der Waals surface area (Å²) in [5, 5.41) is 3.18. The maximum absolute atomic E-state index is 13.5. The molecule has 7 heteroatoms. The number of piperazine rings is 1. The minimum absolute atomic E-state index is 0.0589. The number of carbonyl (C=O) groups is 1. The van der Waals surface area contributed by atoms with Crippen molar-refractivity contribution in [2.45, 2.75) is 12.8 Å². The summed E-state index contributed by atoms with van der Waals surface area (Å²) in [7, 11) is 0. The lowest BCUT2D eigenvalue weighted by atomic mass is 10.2. The fourth-order valence-electron chi connectivity index (χ4n) is 2.51. The molecule has 1 aromatic carbocycles. The van der Waals surface area contributed by atoms with Crippen LogP contribution >= 0.6 is 0 Å². The molecular formula is C14H16F2N4O. The molecule has 1 saturated heterocycles. The number of hydrogen-bond acceptors (Lipinski definition) is 3. The monoisotopic (exact) mass is 294 g/mol. The molecule has 0 unspecified atom stereocenters. The Morgan fingerprint density at radius 3 is 2.81 bits per heavy atom. The molecule has 0 aliphatic carbocycles. The Bertz CT molecular complexity index is 664. The molecule has 1 aliphatic rings. The van der Waals surface area contributed by atoms with Crippen molar-refractivity contribution in [2.24, 2.45) is 0 Å². The number of nitrogens with zero attached hydrogens (tertiary/aromatic N) is 2. The maximum atomic E-state index is 13.5. The first-order valence-electron chi connectivity index (χ1n) is 6.95. The standard InChI is InChI=1S/C14H16F2N4O/c15-9-7-10(16)14-11(8-9)18-12(19-14)1-2-13(21)20-5-3-17-4-6-20/h7-8,17H,1-6H2,(H,18,19). The molecule has 0 spiro atoms. The van der Waals surface area contributed by atoms with Gasteiger partial charge in [-0.05, 0) is 6.07 Å². The van der Waals surface area contributed by atoms with Gasteiger partial charge in [-0.15, -0.1) is 0 Å². The van der Waals surface area contributed by atoms with Gasteiger partial charge in [0.05, 0.1) is 5.52 Å². The molecule has 1 fully saturated rings. The van der Waals surface area contributed by atoms with Crippen LogP contribution in [0.25, 0.3) is 11.0 Å². The van der Waals surface area contributed by atoms with E-state index in [2.05, 4.69) is 15.3 Å². The van der Waals surface area contributed by atoms with Crippen LogP contribution in [0.5, 0.6) is 0 Å². The van der Waals surface area contributed by atoms with E-state index in [-0.39, 0.29) is 11.4 Å². The van der Waals surface area contributed by atoms with Gasteiger partial charge in [0.1, 0.15) is 17.2 Å². The van der Waals surface area contributed by atoms with Gasteiger partial charge in [-0.3, -0.25) is 4.79 Å². The number of H-pyrrole nitrogens is 1. The highest BCUT2D eigenvalue weighted by Gasteiger charge is 2.17. The van der Waals surface area contributed by atoms with E-state index in [0.717, 1.165) is 19.2 Å². The fraction of sp³-hybridized carbons (Fsp3) is 0.429. The van der Waals surface area contributed by atoms with E-state index >= 15 is 0 Å². The van der Waals surface area contributed by atoms with Gasteiger partial charge in [-0.2, -0.15) is 0 Å². The highest BCUT2D eigenvalue weighted by molar-refractivity contribution is 5.77. The number of aromatic amines is 1. The Morgan fingerprint density at radius 1 is 1.29 bits per heavy atom. The second kappa shape index (κ2) is 5.77. The SMILES string of the molecule is O=C(CCc1nc2c(F)cc(F)cc2[nH]1)N1CCNCC1. The van der Waals surface area contributed by atoms with E-state index in [1.54, 1.807) is 4.90 Å². The molecule has 5 nitrogen and oxygen atoms in total. The van der Waals surface area contributed by atoms with Crippen molar-refractivity contribution in [1.82, 2.24) is 20.2 Å². The molecule has 2 N–H and O–H groups in total. The normalized spacial score (nSPS) is 15.6. The molecule has 21 heavy (non-hydrogen) atoms. The quantitative estimate of drug-likeness (QED) is 0.894. The molecule has 2 heterocycles. The zero-order valence-corrected chi connectivity index (χ0v) is 11.5. The third-order valence-corrected chi connectivity index (χ3v) is 3.60. The van der Waals surface area contributed by atoms with Crippen molar-refractivity contribution in [3.8, 4) is 0 Å². The zero-order chi connectivity index (χ0) is 14.8. The summed E-state index contributed by atoms with van der Waals surface area (Å²) in [5.74, 6) is -0.783. The molecule has 112 valence electrons. The molecule has 0 saturated carbocycles. The average Bonchev–Trinajstić information content (AvgIpc) is 2.89. The van der Waals surface area contributed by atoms with Crippen LogP contribution in [-0.2, 0) is 11.2 Å². The number of hydrogen-bond donors (Lipinski definition) is 2. The Morgan fingerprint density at radius 2 is 2.05 bits per heavy atom. The molecule has 0 atom stereocenters. The van der Waals surface area contributed by atoms with Gasteiger partial charge in [0.2, 0.25) is 5.91 Å². The fourth-order valence-corrected chi connectivity index (χ4v) is 2.51. The molecular weight excluding hydrogens is 278 g/mol. The van der Waals surface area contributed by atoms with Gasteiger partial charge >= 0.3 is 0 Å². The minimum atomic E-state index is -0.694. The minimum Gasteiger partial charge on any atom is -0.342 e. The first-order chi connectivity index (χ1) is 10.1. The number of imidazole rings is 1. The number of benzene rings is 1. The van der Waals surface area contributed by atoms with Crippen LogP contribution < -0.4 is 5.32 Å². The van der Waals surface area contributed by atoms with Crippen LogP contribution in [-0.4, -0.2) is 47.0 Å². The number of halogens is 2. The van der Waals surface area contributed by atoms with Crippen molar-refractivity contribution >= 4 is 16.9 Å². The van der Waals surface area contributed by atoms with E-state index < -0.39 is 11.6 Å². The third-order valence-electron chi connectivity index (χ3n) is 3.60. The van der Waals surface area contributed by atoms with Crippen molar-refractivity contribution in [1.29, 1.82) is 0 Å². The van der Waals surface area contributed by atoms with Crippen molar-refractivity contribution in [3.63, 3.8) is 0 Å². The van der Waals surface area contributed by atoms with E-state index in [1.165, 1.54) is 6.07 Å². The number of rotatable bonds is 3. The van der Waals surface area contributed by atoms with Gasteiger partial charge in [0, 0.05) is 45.1 Å².